The fraction of sp³-hybridized carbons (Fsp3) is 0.700. The topological polar surface area (TPSA) is 12.0 Å². The molecule has 0 radical (unpaired) electrons. The molecule has 116 valence electrons. The van der Waals surface area contributed by atoms with Crippen molar-refractivity contribution in [1.29, 1.82) is 0 Å². The molecular weight excluding hydrogens is 254 g/mol. The maximum absolute atomic E-state index is 3.79. The molecule has 1 N–H and O–H groups in total. The van der Waals surface area contributed by atoms with E-state index in [0.717, 1.165) is 24.4 Å². The number of aryl methyl sites for hydroxylation is 1. The molecule has 3 atom stereocenters. The summed E-state index contributed by atoms with van der Waals surface area (Å²) in [6.45, 7) is 3.39. The molecule has 0 saturated heterocycles. The fourth-order valence-corrected chi connectivity index (χ4v) is 4.66. The summed E-state index contributed by atoms with van der Waals surface area (Å²) in [5.41, 5.74) is 3.30. The first-order valence-corrected chi connectivity index (χ1v) is 9.19. The van der Waals surface area contributed by atoms with Crippen LogP contribution in [0.4, 0.5) is 0 Å². The average molecular weight is 285 g/mol. The van der Waals surface area contributed by atoms with Crippen molar-refractivity contribution in [3.8, 4) is 0 Å². The Balaban J connectivity index is 1.72. The molecule has 0 aromatic heterocycles. The van der Waals surface area contributed by atoms with E-state index in [1.165, 1.54) is 57.8 Å². The maximum atomic E-state index is 3.79. The smallest absolute Gasteiger partial charge is 0.00954 e. The van der Waals surface area contributed by atoms with Gasteiger partial charge in [-0.2, -0.15) is 0 Å². The summed E-state index contributed by atoms with van der Waals surface area (Å²) in [6.07, 6.45) is 12.7. The summed E-state index contributed by atoms with van der Waals surface area (Å²) in [5, 5.41) is 3.79. The first-order valence-electron chi connectivity index (χ1n) is 9.19. The van der Waals surface area contributed by atoms with Gasteiger partial charge in [0.1, 0.15) is 0 Å². The molecule has 2 aliphatic carbocycles. The Labute approximate surface area is 130 Å². The van der Waals surface area contributed by atoms with Gasteiger partial charge in [-0.25, -0.2) is 0 Å². The van der Waals surface area contributed by atoms with Crippen molar-refractivity contribution in [2.45, 2.75) is 76.7 Å². The minimum atomic E-state index is 0.770. The standard InChI is InChI=1S/C20H31N/c1-2-21-20-14-5-3-4-10-18(20)15-17-12-8-11-16-9-6-7-13-19(16)17/h6-7,9,13,17-18,20-21H,2-5,8,10-12,14-15H2,1H3. The number of rotatable bonds is 4. The van der Waals surface area contributed by atoms with Crippen molar-refractivity contribution >= 4 is 0 Å². The van der Waals surface area contributed by atoms with E-state index < -0.39 is 0 Å². The Morgan fingerprint density at radius 3 is 2.76 bits per heavy atom. The molecule has 1 aromatic rings. The Morgan fingerprint density at radius 1 is 1.00 bits per heavy atom. The van der Waals surface area contributed by atoms with Gasteiger partial charge < -0.3 is 5.32 Å². The molecule has 0 amide bonds. The van der Waals surface area contributed by atoms with E-state index in [9.17, 15) is 0 Å². The summed E-state index contributed by atoms with van der Waals surface area (Å²) in [6, 6.07) is 9.99. The lowest BCUT2D eigenvalue weighted by Gasteiger charge is -2.32. The van der Waals surface area contributed by atoms with Gasteiger partial charge in [0.15, 0.2) is 0 Å². The van der Waals surface area contributed by atoms with Crippen molar-refractivity contribution in [2.24, 2.45) is 5.92 Å². The molecule has 2 aliphatic rings. The lowest BCUT2D eigenvalue weighted by molar-refractivity contribution is 0.292. The Morgan fingerprint density at radius 2 is 1.86 bits per heavy atom. The normalized spacial score (nSPS) is 29.7. The van der Waals surface area contributed by atoms with Crippen molar-refractivity contribution in [3.05, 3.63) is 35.4 Å². The van der Waals surface area contributed by atoms with Crippen LogP contribution in [0, 0.1) is 5.92 Å². The average Bonchev–Trinajstić information content (AvgIpc) is 2.74. The van der Waals surface area contributed by atoms with Gasteiger partial charge in [-0.15, -0.1) is 0 Å². The van der Waals surface area contributed by atoms with Gasteiger partial charge in [-0.3, -0.25) is 0 Å². The zero-order chi connectivity index (χ0) is 14.5. The molecule has 1 fully saturated rings. The number of hydrogen-bond acceptors (Lipinski definition) is 1. The van der Waals surface area contributed by atoms with Crippen LogP contribution >= 0.6 is 0 Å². The third kappa shape index (κ3) is 3.69. The number of nitrogens with one attached hydrogen (secondary N) is 1. The minimum absolute atomic E-state index is 0.770. The Hall–Kier alpha value is -0.820. The Bertz CT molecular complexity index is 439. The van der Waals surface area contributed by atoms with Crippen LogP contribution in [0.5, 0.6) is 0 Å². The molecule has 3 rings (SSSR count). The molecule has 1 nitrogen and oxygen atoms in total. The molecule has 21 heavy (non-hydrogen) atoms. The summed E-state index contributed by atoms with van der Waals surface area (Å²) in [5.74, 6) is 1.71. The molecule has 3 unspecified atom stereocenters. The quantitative estimate of drug-likeness (QED) is 0.763. The van der Waals surface area contributed by atoms with E-state index >= 15 is 0 Å². The second kappa shape index (κ2) is 7.45. The third-order valence-corrected chi connectivity index (χ3v) is 5.71. The third-order valence-electron chi connectivity index (χ3n) is 5.71. The van der Waals surface area contributed by atoms with Crippen LogP contribution in [-0.2, 0) is 6.42 Å². The van der Waals surface area contributed by atoms with Crippen molar-refractivity contribution in [2.75, 3.05) is 6.54 Å². The zero-order valence-electron chi connectivity index (χ0n) is 13.6. The monoisotopic (exact) mass is 285 g/mol. The van der Waals surface area contributed by atoms with Crippen molar-refractivity contribution in [1.82, 2.24) is 5.32 Å². The maximum Gasteiger partial charge on any atom is 0.00954 e. The molecule has 0 aliphatic heterocycles. The minimum Gasteiger partial charge on any atom is -0.314 e. The van der Waals surface area contributed by atoms with Gasteiger partial charge >= 0.3 is 0 Å². The summed E-state index contributed by atoms with van der Waals surface area (Å²) < 4.78 is 0. The van der Waals surface area contributed by atoms with Gasteiger partial charge in [0.05, 0.1) is 0 Å². The van der Waals surface area contributed by atoms with E-state index in [0.29, 0.717) is 0 Å². The van der Waals surface area contributed by atoms with Crippen molar-refractivity contribution in [3.63, 3.8) is 0 Å². The molecule has 1 aromatic carbocycles. The molecule has 1 saturated carbocycles. The summed E-state index contributed by atoms with van der Waals surface area (Å²) >= 11 is 0. The fourth-order valence-electron chi connectivity index (χ4n) is 4.66. The van der Waals surface area contributed by atoms with E-state index in [-0.39, 0.29) is 0 Å². The highest BCUT2D eigenvalue weighted by molar-refractivity contribution is 5.32. The van der Waals surface area contributed by atoms with E-state index in [1.54, 1.807) is 11.1 Å². The van der Waals surface area contributed by atoms with Gasteiger partial charge in [0, 0.05) is 6.04 Å². The van der Waals surface area contributed by atoms with E-state index in [1.807, 2.05) is 0 Å². The summed E-state index contributed by atoms with van der Waals surface area (Å²) in [7, 11) is 0. The first kappa shape index (κ1) is 15.1. The second-order valence-electron chi connectivity index (χ2n) is 7.09. The Kier molecular flexibility index (Phi) is 5.35. The highest BCUT2D eigenvalue weighted by atomic mass is 14.9. The van der Waals surface area contributed by atoms with E-state index in [2.05, 4.69) is 36.5 Å². The van der Waals surface area contributed by atoms with Gasteiger partial charge in [0.2, 0.25) is 0 Å². The zero-order valence-corrected chi connectivity index (χ0v) is 13.6. The first-order chi connectivity index (χ1) is 10.4. The van der Waals surface area contributed by atoms with Gasteiger partial charge in [0.25, 0.3) is 0 Å². The predicted molar refractivity (Wildman–Crippen MR) is 90.8 cm³/mol. The largest absolute Gasteiger partial charge is 0.314 e. The summed E-state index contributed by atoms with van der Waals surface area (Å²) in [4.78, 5) is 0. The van der Waals surface area contributed by atoms with Crippen LogP contribution in [0.15, 0.2) is 24.3 Å². The van der Waals surface area contributed by atoms with Crippen LogP contribution < -0.4 is 5.32 Å². The number of fused-ring (bicyclic) bond motifs is 1. The van der Waals surface area contributed by atoms with Crippen LogP contribution in [-0.4, -0.2) is 12.6 Å². The molecule has 0 heterocycles. The second-order valence-corrected chi connectivity index (χ2v) is 7.09. The molecule has 0 spiro atoms. The van der Waals surface area contributed by atoms with Crippen LogP contribution in [0.2, 0.25) is 0 Å². The van der Waals surface area contributed by atoms with Gasteiger partial charge in [-0.1, -0.05) is 50.5 Å². The highest BCUT2D eigenvalue weighted by Gasteiger charge is 2.28. The lowest BCUT2D eigenvalue weighted by Crippen LogP contribution is -2.36. The van der Waals surface area contributed by atoms with Crippen LogP contribution in [0.1, 0.15) is 75.3 Å². The number of hydrogen-bond donors (Lipinski definition) is 1. The van der Waals surface area contributed by atoms with Crippen molar-refractivity contribution < 1.29 is 0 Å². The molecular formula is C20H31N. The van der Waals surface area contributed by atoms with Gasteiger partial charge in [-0.05, 0) is 68.0 Å². The molecule has 0 bridgehead atoms. The predicted octanol–water partition coefficient (Wildman–Crippen LogP) is 5.06. The lowest BCUT2D eigenvalue weighted by atomic mass is 9.75. The van der Waals surface area contributed by atoms with Crippen LogP contribution in [0.3, 0.4) is 0 Å². The number of benzene rings is 1. The highest BCUT2D eigenvalue weighted by Crippen LogP contribution is 2.39. The van der Waals surface area contributed by atoms with E-state index in [4.69, 9.17) is 0 Å². The SMILES string of the molecule is CCNC1CCCCCC1CC1CCCc2ccccc21. The van der Waals surface area contributed by atoms with Crippen LogP contribution in [0.25, 0.3) is 0 Å². The molecule has 1 heteroatoms.